The summed E-state index contributed by atoms with van der Waals surface area (Å²) in [7, 11) is 3.55. The number of amides is 4. The lowest BCUT2D eigenvalue weighted by molar-refractivity contribution is -0.167. The average Bonchev–Trinajstić information content (AvgIpc) is 3.05. The second kappa shape index (κ2) is 10.9. The number of aromatic nitrogens is 1. The summed E-state index contributed by atoms with van der Waals surface area (Å²) in [6.07, 6.45) is -4.04. The maximum absolute atomic E-state index is 14.8. The molecule has 4 amide bonds. The van der Waals surface area contributed by atoms with Crippen molar-refractivity contribution in [1.29, 1.82) is 0 Å². The molecule has 0 saturated carbocycles. The van der Waals surface area contributed by atoms with Gasteiger partial charge in [0.15, 0.2) is 0 Å². The van der Waals surface area contributed by atoms with Gasteiger partial charge < -0.3 is 15.5 Å². The molecule has 2 aliphatic rings. The molecule has 0 bridgehead atoms. The first-order valence-corrected chi connectivity index (χ1v) is 11.6. The summed E-state index contributed by atoms with van der Waals surface area (Å²) in [4.78, 5) is 56.4. The number of imide groups is 1. The van der Waals surface area contributed by atoms with Crippen molar-refractivity contribution in [2.24, 2.45) is 5.73 Å². The van der Waals surface area contributed by atoms with E-state index in [-0.39, 0.29) is 47.0 Å². The summed E-state index contributed by atoms with van der Waals surface area (Å²) in [5, 5.41) is 1.82. The van der Waals surface area contributed by atoms with E-state index in [2.05, 4.69) is 10.3 Å². The van der Waals surface area contributed by atoms with Gasteiger partial charge in [-0.15, -0.1) is 12.4 Å². The fourth-order valence-electron chi connectivity index (χ4n) is 4.85. The van der Waals surface area contributed by atoms with Gasteiger partial charge in [-0.1, -0.05) is 11.6 Å². The number of nitrogens with one attached hydrogen (secondary N) is 1. The van der Waals surface area contributed by atoms with E-state index in [1.165, 1.54) is 24.4 Å². The van der Waals surface area contributed by atoms with Gasteiger partial charge in [0, 0.05) is 30.3 Å². The second-order valence-corrected chi connectivity index (χ2v) is 9.67. The lowest BCUT2D eigenvalue weighted by atomic mass is 9.87. The van der Waals surface area contributed by atoms with Crippen molar-refractivity contribution >= 4 is 47.6 Å². The number of halogens is 5. The molecule has 1 aromatic heterocycles. The Hall–Kier alpha value is -3.22. The van der Waals surface area contributed by atoms with Crippen LogP contribution in [0.3, 0.4) is 0 Å². The largest absolute Gasteiger partial charge is 0.399 e. The zero-order valence-electron chi connectivity index (χ0n) is 20.2. The minimum atomic E-state index is -4.98. The van der Waals surface area contributed by atoms with E-state index >= 15 is 0 Å². The van der Waals surface area contributed by atoms with Gasteiger partial charge in [0.25, 0.3) is 5.91 Å². The van der Waals surface area contributed by atoms with E-state index in [1.54, 1.807) is 19.0 Å². The smallest absolute Gasteiger partial charge is 0.366 e. The lowest BCUT2D eigenvalue weighted by Gasteiger charge is -2.38. The molecule has 38 heavy (non-hydrogen) atoms. The van der Waals surface area contributed by atoms with Gasteiger partial charge in [-0.25, -0.2) is 0 Å². The molecule has 3 atom stereocenters. The third-order valence-electron chi connectivity index (χ3n) is 6.35. The van der Waals surface area contributed by atoms with E-state index in [4.69, 9.17) is 17.3 Å². The van der Waals surface area contributed by atoms with Crippen molar-refractivity contribution in [2.45, 2.75) is 43.6 Å². The van der Waals surface area contributed by atoms with Crippen molar-refractivity contribution in [1.82, 2.24) is 20.1 Å². The molecule has 14 heteroatoms. The summed E-state index contributed by atoms with van der Waals surface area (Å²) in [5.74, 6) is -5.68. The van der Waals surface area contributed by atoms with Gasteiger partial charge in [0.1, 0.15) is 12.0 Å². The molecule has 4 rings (SSSR count). The highest BCUT2D eigenvalue weighted by Crippen LogP contribution is 2.52. The highest BCUT2D eigenvalue weighted by Gasteiger charge is 2.57. The fourth-order valence-corrected chi connectivity index (χ4v) is 5.15. The monoisotopic (exact) mass is 573 g/mol. The summed E-state index contributed by atoms with van der Waals surface area (Å²) in [6.45, 7) is 0.374. The second-order valence-electron chi connectivity index (χ2n) is 9.26. The fraction of sp³-hybridized carbons (Fsp3) is 0.375. The SMILES string of the molecule is CN(C)Cc1cnc([C@@H](C2c3cc(C(N)=O)ccc3C(=O)N2C2CCC(=O)NC2=O)C(F)(F)F)c(Cl)c1.Cl. The number of primary amides is 1. The topological polar surface area (TPSA) is 126 Å². The molecule has 204 valence electrons. The van der Waals surface area contributed by atoms with Crippen LogP contribution in [0.1, 0.15) is 62.3 Å². The third kappa shape index (κ3) is 5.47. The molecule has 1 saturated heterocycles. The molecule has 3 heterocycles. The Morgan fingerprint density at radius 2 is 1.95 bits per heavy atom. The van der Waals surface area contributed by atoms with Gasteiger partial charge in [-0.2, -0.15) is 13.2 Å². The highest BCUT2D eigenvalue weighted by atomic mass is 35.5. The van der Waals surface area contributed by atoms with Crippen molar-refractivity contribution < 1.29 is 32.3 Å². The number of fused-ring (bicyclic) bond motifs is 1. The van der Waals surface area contributed by atoms with E-state index < -0.39 is 53.5 Å². The minimum absolute atomic E-state index is 0. The molecule has 2 aliphatic heterocycles. The predicted molar refractivity (Wildman–Crippen MR) is 133 cm³/mol. The first-order valence-electron chi connectivity index (χ1n) is 11.3. The minimum Gasteiger partial charge on any atom is -0.366 e. The van der Waals surface area contributed by atoms with Crippen LogP contribution >= 0.6 is 24.0 Å². The quantitative estimate of drug-likeness (QED) is 0.512. The maximum atomic E-state index is 14.8. The first kappa shape index (κ1) is 29.3. The van der Waals surface area contributed by atoms with Crippen LogP contribution in [0.2, 0.25) is 5.02 Å². The van der Waals surface area contributed by atoms with E-state index in [0.29, 0.717) is 12.1 Å². The van der Waals surface area contributed by atoms with Crippen molar-refractivity contribution in [3.05, 3.63) is 63.4 Å². The van der Waals surface area contributed by atoms with Crippen LogP contribution in [0.25, 0.3) is 0 Å². The van der Waals surface area contributed by atoms with Crippen LogP contribution in [-0.4, -0.2) is 64.7 Å². The number of rotatable bonds is 6. The zero-order valence-corrected chi connectivity index (χ0v) is 21.8. The number of nitrogens with two attached hydrogens (primary N) is 1. The number of alkyl halides is 3. The molecule has 0 aliphatic carbocycles. The van der Waals surface area contributed by atoms with Gasteiger partial charge in [0.05, 0.1) is 16.8 Å². The van der Waals surface area contributed by atoms with Crippen LogP contribution in [0, 0.1) is 0 Å². The van der Waals surface area contributed by atoms with Gasteiger partial charge in [-0.05, 0) is 55.9 Å². The standard InChI is InChI=1S/C24H23ClF3N5O4.ClH/c1-32(2)10-11-7-15(25)19(30-9-11)18(24(26,27)28)20-14-8-12(21(29)35)3-4-13(14)23(37)33(20)16-5-6-17(34)31-22(16)36;/h3-4,7-9,16,18,20H,5-6,10H2,1-2H3,(H2,29,35)(H,31,34,36);1H/t16?,18-,20?;/m0./s1. The van der Waals surface area contributed by atoms with Crippen LogP contribution in [0.15, 0.2) is 30.5 Å². The normalized spacial score (nSPS) is 20.2. The molecule has 2 aromatic rings. The number of hydrogen-bond acceptors (Lipinski definition) is 6. The molecule has 0 radical (unpaired) electrons. The van der Waals surface area contributed by atoms with Crippen LogP contribution < -0.4 is 11.1 Å². The number of piperidine rings is 1. The lowest BCUT2D eigenvalue weighted by Crippen LogP contribution is -2.55. The van der Waals surface area contributed by atoms with E-state index in [9.17, 15) is 32.3 Å². The molecule has 1 aromatic carbocycles. The highest BCUT2D eigenvalue weighted by molar-refractivity contribution is 6.31. The number of benzene rings is 1. The Labute approximate surface area is 226 Å². The van der Waals surface area contributed by atoms with E-state index in [0.717, 1.165) is 11.0 Å². The Morgan fingerprint density at radius 1 is 1.26 bits per heavy atom. The average molecular weight is 574 g/mol. The summed E-state index contributed by atoms with van der Waals surface area (Å²) in [5.41, 5.74) is 5.03. The first-order chi connectivity index (χ1) is 17.3. The molecule has 3 N–H and O–H groups in total. The van der Waals surface area contributed by atoms with Crippen molar-refractivity contribution in [2.75, 3.05) is 14.1 Å². The van der Waals surface area contributed by atoms with Crippen molar-refractivity contribution in [3.8, 4) is 0 Å². The molecule has 1 fully saturated rings. The van der Waals surface area contributed by atoms with Crippen LogP contribution in [-0.2, 0) is 16.1 Å². The van der Waals surface area contributed by atoms with Gasteiger partial charge >= 0.3 is 6.18 Å². The number of carbonyl (C=O) groups excluding carboxylic acids is 4. The van der Waals surface area contributed by atoms with Gasteiger partial charge in [-0.3, -0.25) is 29.5 Å². The zero-order chi connectivity index (χ0) is 27.2. The molecule has 0 spiro atoms. The van der Waals surface area contributed by atoms with Crippen LogP contribution in [0.5, 0.6) is 0 Å². The van der Waals surface area contributed by atoms with Crippen LogP contribution in [0.4, 0.5) is 13.2 Å². The number of nitrogens with zero attached hydrogens (tertiary/aromatic N) is 3. The molecule has 2 unspecified atom stereocenters. The Balaban J connectivity index is 0.00000400. The van der Waals surface area contributed by atoms with Gasteiger partial charge in [0.2, 0.25) is 17.7 Å². The Kier molecular flexibility index (Phi) is 8.39. The van der Waals surface area contributed by atoms with E-state index in [1.807, 2.05) is 0 Å². The predicted octanol–water partition coefficient (Wildman–Crippen LogP) is 2.97. The molecule has 9 nitrogen and oxygen atoms in total. The molecular weight excluding hydrogens is 550 g/mol. The summed E-state index contributed by atoms with van der Waals surface area (Å²) in [6, 6.07) is 1.77. The number of pyridine rings is 1. The molecular formula is C24H24Cl2F3N5O4. The Morgan fingerprint density at radius 3 is 2.50 bits per heavy atom. The number of carbonyl (C=O) groups is 4. The maximum Gasteiger partial charge on any atom is 0.399 e. The Bertz CT molecular complexity index is 1300. The summed E-state index contributed by atoms with van der Waals surface area (Å²) < 4.78 is 44.5. The third-order valence-corrected chi connectivity index (χ3v) is 6.66. The summed E-state index contributed by atoms with van der Waals surface area (Å²) >= 11 is 6.34. The van der Waals surface area contributed by atoms with Crippen molar-refractivity contribution in [3.63, 3.8) is 0 Å². The number of hydrogen-bond donors (Lipinski definition) is 2.